The lowest BCUT2D eigenvalue weighted by Gasteiger charge is -2.01. The Kier molecular flexibility index (Phi) is 2.97. The molecule has 1 aromatic heterocycles. The summed E-state index contributed by atoms with van der Waals surface area (Å²) in [6.07, 6.45) is 0. The van der Waals surface area contributed by atoms with Crippen molar-refractivity contribution in [2.75, 3.05) is 0 Å². The van der Waals surface area contributed by atoms with Gasteiger partial charge in [0.1, 0.15) is 5.82 Å². The molecule has 0 spiro atoms. The molecule has 0 bridgehead atoms. The Morgan fingerprint density at radius 2 is 2.06 bits per heavy atom. The van der Waals surface area contributed by atoms with Crippen LogP contribution >= 0.6 is 11.6 Å². The number of benzene rings is 1. The fourth-order valence-electron chi connectivity index (χ4n) is 1.53. The molecule has 0 atom stereocenters. The molecule has 0 aliphatic carbocycles. The van der Waals surface area contributed by atoms with Gasteiger partial charge in [-0.2, -0.15) is 5.10 Å². The van der Waals surface area contributed by atoms with E-state index >= 15 is 0 Å². The van der Waals surface area contributed by atoms with E-state index in [0.717, 1.165) is 27.8 Å². The summed E-state index contributed by atoms with van der Waals surface area (Å²) in [4.78, 5) is 4.46. The Bertz CT molecular complexity index is 503. The third kappa shape index (κ3) is 2.09. The molecular weight excluding hydrogens is 222 g/mol. The van der Waals surface area contributed by atoms with Gasteiger partial charge >= 0.3 is 0 Å². The van der Waals surface area contributed by atoms with Crippen LogP contribution in [0.2, 0.25) is 5.02 Å². The molecule has 0 saturated heterocycles. The first-order valence-corrected chi connectivity index (χ1v) is 5.64. The molecule has 2 rings (SSSR count). The predicted molar refractivity (Wildman–Crippen MR) is 65.7 cm³/mol. The first-order chi connectivity index (χ1) is 7.58. The van der Waals surface area contributed by atoms with Crippen molar-refractivity contribution in [3.05, 3.63) is 34.6 Å². The van der Waals surface area contributed by atoms with E-state index in [2.05, 4.69) is 29.0 Å². The lowest BCUT2D eigenvalue weighted by atomic mass is 10.1. The normalized spacial score (nSPS) is 11.1. The van der Waals surface area contributed by atoms with Gasteiger partial charge in [-0.15, -0.1) is 0 Å². The van der Waals surface area contributed by atoms with Crippen LogP contribution in [0.15, 0.2) is 18.2 Å². The number of aryl methyl sites for hydroxylation is 1. The minimum atomic E-state index is 0.355. The molecule has 0 fully saturated rings. The maximum Gasteiger partial charge on any atom is 0.181 e. The van der Waals surface area contributed by atoms with E-state index in [1.54, 1.807) is 0 Å². The number of rotatable bonds is 2. The van der Waals surface area contributed by atoms with Gasteiger partial charge in [0.2, 0.25) is 0 Å². The first kappa shape index (κ1) is 11.1. The molecule has 1 N–H and O–H groups in total. The number of halogens is 1. The number of H-pyrrole nitrogens is 1. The molecule has 0 aliphatic heterocycles. The molecule has 3 nitrogen and oxygen atoms in total. The topological polar surface area (TPSA) is 41.6 Å². The first-order valence-electron chi connectivity index (χ1n) is 5.26. The van der Waals surface area contributed by atoms with Gasteiger partial charge in [0, 0.05) is 16.5 Å². The van der Waals surface area contributed by atoms with Gasteiger partial charge < -0.3 is 0 Å². The monoisotopic (exact) mass is 235 g/mol. The average molecular weight is 236 g/mol. The standard InChI is InChI=1S/C12H14ClN3/c1-7(2)11-14-12(16-15-11)10-5-4-9(13)6-8(10)3/h4-7H,1-3H3,(H,14,15,16). The maximum absolute atomic E-state index is 5.91. The van der Waals surface area contributed by atoms with Crippen molar-refractivity contribution in [2.24, 2.45) is 0 Å². The summed E-state index contributed by atoms with van der Waals surface area (Å²) in [7, 11) is 0. The molecule has 4 heteroatoms. The number of hydrogen-bond acceptors (Lipinski definition) is 2. The molecule has 16 heavy (non-hydrogen) atoms. The Morgan fingerprint density at radius 1 is 1.31 bits per heavy atom. The number of aromatic amines is 1. The molecule has 1 heterocycles. The molecule has 0 amide bonds. The van der Waals surface area contributed by atoms with Gasteiger partial charge in [-0.25, -0.2) is 4.98 Å². The molecular formula is C12H14ClN3. The van der Waals surface area contributed by atoms with Crippen LogP contribution in [0.1, 0.15) is 31.2 Å². The van der Waals surface area contributed by atoms with Gasteiger partial charge in [-0.05, 0) is 30.7 Å². The second-order valence-electron chi connectivity index (χ2n) is 4.16. The summed E-state index contributed by atoms with van der Waals surface area (Å²) in [6, 6.07) is 5.72. The van der Waals surface area contributed by atoms with Crippen molar-refractivity contribution in [3.8, 4) is 11.4 Å². The van der Waals surface area contributed by atoms with Crippen LogP contribution in [-0.2, 0) is 0 Å². The van der Waals surface area contributed by atoms with Crippen molar-refractivity contribution < 1.29 is 0 Å². The predicted octanol–water partition coefficient (Wildman–Crippen LogP) is 3.56. The zero-order valence-corrected chi connectivity index (χ0v) is 10.3. The summed E-state index contributed by atoms with van der Waals surface area (Å²) in [5.74, 6) is 2.00. The van der Waals surface area contributed by atoms with Crippen molar-refractivity contribution in [3.63, 3.8) is 0 Å². The zero-order valence-electron chi connectivity index (χ0n) is 9.58. The summed E-state index contributed by atoms with van der Waals surface area (Å²) in [5, 5.41) is 7.91. The van der Waals surface area contributed by atoms with Crippen LogP contribution in [0.25, 0.3) is 11.4 Å². The number of nitrogens with one attached hydrogen (secondary N) is 1. The third-order valence-corrected chi connectivity index (χ3v) is 2.71. The molecule has 0 aliphatic rings. The molecule has 1 aromatic carbocycles. The van der Waals surface area contributed by atoms with Crippen molar-refractivity contribution in [2.45, 2.75) is 26.7 Å². The lowest BCUT2D eigenvalue weighted by Crippen LogP contribution is -1.90. The zero-order chi connectivity index (χ0) is 11.7. The maximum atomic E-state index is 5.91. The van der Waals surface area contributed by atoms with Gasteiger partial charge in [0.15, 0.2) is 5.82 Å². The highest BCUT2D eigenvalue weighted by Gasteiger charge is 2.10. The van der Waals surface area contributed by atoms with E-state index in [9.17, 15) is 0 Å². The summed E-state index contributed by atoms with van der Waals surface area (Å²) in [5.41, 5.74) is 2.11. The molecule has 2 aromatic rings. The lowest BCUT2D eigenvalue weighted by molar-refractivity contribution is 0.781. The smallest absolute Gasteiger partial charge is 0.181 e. The van der Waals surface area contributed by atoms with Crippen LogP contribution in [-0.4, -0.2) is 15.2 Å². The van der Waals surface area contributed by atoms with Crippen LogP contribution in [0.3, 0.4) is 0 Å². The fraction of sp³-hybridized carbons (Fsp3) is 0.333. The highest BCUT2D eigenvalue weighted by atomic mass is 35.5. The van der Waals surface area contributed by atoms with Gasteiger partial charge in [-0.3, -0.25) is 5.10 Å². The number of hydrogen-bond donors (Lipinski definition) is 1. The average Bonchev–Trinajstić information content (AvgIpc) is 2.66. The minimum absolute atomic E-state index is 0.355. The molecule has 84 valence electrons. The Balaban J connectivity index is 2.42. The number of nitrogens with zero attached hydrogens (tertiary/aromatic N) is 2. The van der Waals surface area contributed by atoms with E-state index in [1.165, 1.54) is 0 Å². The summed E-state index contributed by atoms with van der Waals surface area (Å²) < 4.78 is 0. The van der Waals surface area contributed by atoms with Crippen LogP contribution in [0.4, 0.5) is 0 Å². The van der Waals surface area contributed by atoms with Crippen molar-refractivity contribution >= 4 is 11.6 Å². The third-order valence-electron chi connectivity index (χ3n) is 2.48. The fourth-order valence-corrected chi connectivity index (χ4v) is 1.76. The van der Waals surface area contributed by atoms with Crippen molar-refractivity contribution in [1.82, 2.24) is 15.2 Å². The van der Waals surface area contributed by atoms with Gasteiger partial charge in [0.05, 0.1) is 0 Å². The van der Waals surface area contributed by atoms with Crippen LogP contribution < -0.4 is 0 Å². The molecule has 0 saturated carbocycles. The summed E-state index contributed by atoms with van der Waals surface area (Å²) >= 11 is 5.91. The Hall–Kier alpha value is -1.35. The number of aromatic nitrogens is 3. The van der Waals surface area contributed by atoms with Crippen LogP contribution in [0, 0.1) is 6.92 Å². The van der Waals surface area contributed by atoms with E-state index in [0.29, 0.717) is 5.92 Å². The highest BCUT2D eigenvalue weighted by Crippen LogP contribution is 2.23. The van der Waals surface area contributed by atoms with Gasteiger partial charge in [0.25, 0.3) is 0 Å². The quantitative estimate of drug-likeness (QED) is 0.865. The SMILES string of the molecule is Cc1cc(Cl)ccc1-c1n[nH]c(C(C)C)n1. The van der Waals surface area contributed by atoms with Crippen molar-refractivity contribution in [1.29, 1.82) is 0 Å². The Labute approximate surface area is 99.9 Å². The minimum Gasteiger partial charge on any atom is -0.262 e. The van der Waals surface area contributed by atoms with E-state index in [4.69, 9.17) is 11.6 Å². The highest BCUT2D eigenvalue weighted by molar-refractivity contribution is 6.30. The second kappa shape index (κ2) is 4.26. The largest absolute Gasteiger partial charge is 0.262 e. The van der Waals surface area contributed by atoms with Crippen LogP contribution in [0.5, 0.6) is 0 Å². The van der Waals surface area contributed by atoms with E-state index in [-0.39, 0.29) is 0 Å². The molecule has 0 radical (unpaired) electrons. The van der Waals surface area contributed by atoms with Gasteiger partial charge in [-0.1, -0.05) is 25.4 Å². The summed E-state index contributed by atoms with van der Waals surface area (Å²) in [6.45, 7) is 6.17. The van der Waals surface area contributed by atoms with E-state index in [1.807, 2.05) is 25.1 Å². The van der Waals surface area contributed by atoms with E-state index < -0.39 is 0 Å². The second-order valence-corrected chi connectivity index (χ2v) is 4.59. The Morgan fingerprint density at radius 3 is 2.62 bits per heavy atom. The molecule has 0 unspecified atom stereocenters.